The molecule has 5 nitrogen and oxygen atoms in total. The maximum Gasteiger partial charge on any atom is 0.238 e. The summed E-state index contributed by atoms with van der Waals surface area (Å²) in [6, 6.07) is 9.77. The predicted octanol–water partition coefficient (Wildman–Crippen LogP) is 2.31. The highest BCUT2D eigenvalue weighted by Crippen LogP contribution is 2.14. The summed E-state index contributed by atoms with van der Waals surface area (Å²) in [5.41, 5.74) is 6.80. The summed E-state index contributed by atoms with van der Waals surface area (Å²) in [5, 5.41) is 0.436. The van der Waals surface area contributed by atoms with Gasteiger partial charge in [-0.1, -0.05) is 48.1 Å². The monoisotopic (exact) mass is 341 g/mol. The zero-order valence-corrected chi connectivity index (χ0v) is 13.2. The third-order valence-corrected chi connectivity index (χ3v) is 4.28. The lowest BCUT2D eigenvalue weighted by atomic mass is 10.1. The van der Waals surface area contributed by atoms with Crippen molar-refractivity contribution >= 4 is 44.6 Å². The molecule has 0 radical (unpaired) electrons. The summed E-state index contributed by atoms with van der Waals surface area (Å²) < 4.78 is 26.5. The fourth-order valence-corrected chi connectivity index (χ4v) is 3.01. The number of benzene rings is 1. The van der Waals surface area contributed by atoms with Crippen molar-refractivity contribution < 1.29 is 8.42 Å². The van der Waals surface area contributed by atoms with Crippen LogP contribution in [-0.2, 0) is 15.8 Å². The van der Waals surface area contributed by atoms with E-state index < -0.39 is 10.0 Å². The third-order valence-electron chi connectivity index (χ3n) is 2.58. The molecule has 2 aromatic rings. The van der Waals surface area contributed by atoms with Crippen LogP contribution in [-0.4, -0.2) is 18.4 Å². The number of hydrogen-bond donors (Lipinski definition) is 2. The standard InChI is InChI=1S/C13H12ClN3O2S2/c14-11-5-6-12(16-7-11)17-21(18,19)8-9-1-3-10(4-2-9)13(15)20/h1-7H,8H2,(H2,15,20)(H,16,17). The Kier molecular flexibility index (Phi) is 4.76. The molecule has 0 bridgehead atoms. The Hall–Kier alpha value is -1.70. The molecular weight excluding hydrogens is 330 g/mol. The van der Waals surface area contributed by atoms with Gasteiger partial charge in [-0.25, -0.2) is 13.4 Å². The first kappa shape index (κ1) is 15.7. The molecule has 3 N–H and O–H groups in total. The molecule has 0 atom stereocenters. The Morgan fingerprint density at radius 3 is 2.43 bits per heavy atom. The van der Waals surface area contributed by atoms with Crippen LogP contribution in [0, 0.1) is 0 Å². The second kappa shape index (κ2) is 6.38. The van der Waals surface area contributed by atoms with E-state index in [4.69, 9.17) is 29.6 Å². The Balaban J connectivity index is 2.10. The summed E-state index contributed by atoms with van der Waals surface area (Å²) in [7, 11) is -3.55. The highest BCUT2D eigenvalue weighted by atomic mass is 35.5. The smallest absolute Gasteiger partial charge is 0.238 e. The first-order valence-electron chi connectivity index (χ1n) is 5.86. The maximum atomic E-state index is 12.0. The van der Waals surface area contributed by atoms with Crippen molar-refractivity contribution in [1.82, 2.24) is 4.98 Å². The number of halogens is 1. The van der Waals surface area contributed by atoms with E-state index >= 15 is 0 Å². The van der Waals surface area contributed by atoms with Crippen LogP contribution >= 0.6 is 23.8 Å². The molecular formula is C13H12ClN3O2S2. The van der Waals surface area contributed by atoms with Gasteiger partial charge in [-0.2, -0.15) is 0 Å². The van der Waals surface area contributed by atoms with Crippen LogP contribution in [0.25, 0.3) is 0 Å². The highest BCUT2D eigenvalue weighted by Gasteiger charge is 2.12. The van der Waals surface area contributed by atoms with Gasteiger partial charge < -0.3 is 5.73 Å². The lowest BCUT2D eigenvalue weighted by Crippen LogP contribution is -2.16. The number of nitrogens with one attached hydrogen (secondary N) is 1. The van der Waals surface area contributed by atoms with E-state index in [0.29, 0.717) is 16.1 Å². The number of nitrogens with two attached hydrogens (primary N) is 1. The summed E-state index contributed by atoms with van der Waals surface area (Å²) >= 11 is 10.5. The lowest BCUT2D eigenvalue weighted by Gasteiger charge is -2.08. The van der Waals surface area contributed by atoms with Gasteiger partial charge in [-0.15, -0.1) is 0 Å². The molecule has 1 heterocycles. The maximum absolute atomic E-state index is 12.0. The van der Waals surface area contributed by atoms with Crippen LogP contribution in [0.15, 0.2) is 42.6 Å². The van der Waals surface area contributed by atoms with E-state index in [1.165, 1.54) is 12.3 Å². The molecule has 0 unspecified atom stereocenters. The Morgan fingerprint density at radius 2 is 1.90 bits per heavy atom. The molecule has 1 aromatic carbocycles. The largest absolute Gasteiger partial charge is 0.389 e. The Bertz CT molecular complexity index is 744. The van der Waals surface area contributed by atoms with Crippen molar-refractivity contribution in [1.29, 1.82) is 0 Å². The van der Waals surface area contributed by atoms with E-state index in [-0.39, 0.29) is 16.6 Å². The summed E-state index contributed by atoms with van der Waals surface area (Å²) in [5.74, 6) is 0.0497. The number of hydrogen-bond acceptors (Lipinski definition) is 4. The zero-order chi connectivity index (χ0) is 15.5. The normalized spacial score (nSPS) is 11.1. The van der Waals surface area contributed by atoms with Crippen LogP contribution in [0.5, 0.6) is 0 Å². The van der Waals surface area contributed by atoms with Gasteiger partial charge in [-0.3, -0.25) is 4.72 Å². The number of pyridine rings is 1. The molecule has 0 amide bonds. The van der Waals surface area contributed by atoms with Crippen molar-refractivity contribution in [3.05, 3.63) is 58.7 Å². The molecule has 0 aliphatic heterocycles. The fraction of sp³-hybridized carbons (Fsp3) is 0.0769. The van der Waals surface area contributed by atoms with Crippen LogP contribution in [0.2, 0.25) is 5.02 Å². The minimum Gasteiger partial charge on any atom is -0.389 e. The lowest BCUT2D eigenvalue weighted by molar-refractivity contribution is 0.600. The topological polar surface area (TPSA) is 85.1 Å². The first-order chi connectivity index (χ1) is 9.85. The number of nitrogens with zero attached hydrogens (tertiary/aromatic N) is 1. The molecule has 0 aliphatic rings. The van der Waals surface area contributed by atoms with Gasteiger partial charge in [0.15, 0.2) is 0 Å². The summed E-state index contributed by atoms with van der Waals surface area (Å²) in [4.78, 5) is 4.16. The second-order valence-electron chi connectivity index (χ2n) is 4.28. The van der Waals surface area contributed by atoms with E-state index in [1.54, 1.807) is 30.3 Å². The molecule has 8 heteroatoms. The number of anilines is 1. The van der Waals surface area contributed by atoms with Crippen LogP contribution in [0.4, 0.5) is 5.82 Å². The molecule has 21 heavy (non-hydrogen) atoms. The number of rotatable bonds is 5. The molecule has 0 saturated heterocycles. The molecule has 2 rings (SSSR count). The van der Waals surface area contributed by atoms with E-state index in [9.17, 15) is 8.42 Å². The van der Waals surface area contributed by atoms with Gasteiger partial charge in [0.25, 0.3) is 0 Å². The average molecular weight is 342 g/mol. The van der Waals surface area contributed by atoms with Gasteiger partial charge >= 0.3 is 0 Å². The third kappa shape index (κ3) is 4.66. The molecule has 1 aromatic heterocycles. The van der Waals surface area contributed by atoms with Crippen LogP contribution in [0.1, 0.15) is 11.1 Å². The quantitative estimate of drug-likeness (QED) is 0.815. The number of aromatic nitrogens is 1. The average Bonchev–Trinajstić information content (AvgIpc) is 2.41. The Labute approximate surface area is 133 Å². The summed E-state index contributed by atoms with van der Waals surface area (Å²) in [6.45, 7) is 0. The Morgan fingerprint density at radius 1 is 1.24 bits per heavy atom. The molecule has 0 saturated carbocycles. The second-order valence-corrected chi connectivity index (χ2v) is 6.88. The molecule has 0 fully saturated rings. The van der Waals surface area contributed by atoms with E-state index in [0.717, 1.165) is 0 Å². The van der Waals surface area contributed by atoms with Crippen molar-refractivity contribution in [2.75, 3.05) is 4.72 Å². The molecule has 110 valence electrons. The van der Waals surface area contributed by atoms with Crippen molar-refractivity contribution in [3.8, 4) is 0 Å². The zero-order valence-electron chi connectivity index (χ0n) is 10.8. The van der Waals surface area contributed by atoms with Gasteiger partial charge in [0, 0.05) is 11.8 Å². The van der Waals surface area contributed by atoms with Crippen LogP contribution in [0.3, 0.4) is 0 Å². The van der Waals surface area contributed by atoms with Crippen molar-refractivity contribution in [2.45, 2.75) is 5.75 Å². The fourth-order valence-electron chi connectivity index (χ4n) is 1.62. The summed E-state index contributed by atoms with van der Waals surface area (Å²) in [6.07, 6.45) is 1.37. The predicted molar refractivity (Wildman–Crippen MR) is 87.8 cm³/mol. The van der Waals surface area contributed by atoms with E-state index in [2.05, 4.69) is 9.71 Å². The van der Waals surface area contributed by atoms with E-state index in [1.807, 2.05) is 0 Å². The highest BCUT2D eigenvalue weighted by molar-refractivity contribution is 7.91. The number of sulfonamides is 1. The van der Waals surface area contributed by atoms with Gasteiger partial charge in [0.1, 0.15) is 10.8 Å². The van der Waals surface area contributed by atoms with Crippen LogP contribution < -0.4 is 10.5 Å². The van der Waals surface area contributed by atoms with Gasteiger partial charge in [0.2, 0.25) is 10.0 Å². The minimum absolute atomic E-state index is 0.172. The van der Waals surface area contributed by atoms with Gasteiger partial charge in [0.05, 0.1) is 10.8 Å². The molecule has 0 aliphatic carbocycles. The first-order valence-corrected chi connectivity index (χ1v) is 8.30. The SMILES string of the molecule is NC(=S)c1ccc(CS(=O)(=O)Nc2ccc(Cl)cn2)cc1. The number of thiocarbonyl (C=S) groups is 1. The van der Waals surface area contributed by atoms with Crippen molar-refractivity contribution in [2.24, 2.45) is 5.73 Å². The van der Waals surface area contributed by atoms with Gasteiger partial charge in [-0.05, 0) is 17.7 Å². The molecule has 0 spiro atoms. The minimum atomic E-state index is -3.55. The van der Waals surface area contributed by atoms with Crippen molar-refractivity contribution in [3.63, 3.8) is 0 Å².